The number of benzene rings is 1. The molecule has 1 saturated heterocycles. The number of amides is 4. The Balaban J connectivity index is 1.18. The highest BCUT2D eigenvalue weighted by atomic mass is 32.2. The number of nitrogens with zero attached hydrogens (tertiary/aromatic N) is 3. The molecule has 1 aromatic carbocycles. The zero-order chi connectivity index (χ0) is 36.1. The van der Waals surface area contributed by atoms with E-state index in [0.29, 0.717) is 42.1 Å². The average Bonchev–Trinajstić information content (AvgIpc) is 3.86. The minimum Gasteiger partial charge on any atom is -0.497 e. The van der Waals surface area contributed by atoms with E-state index in [-0.39, 0.29) is 31.2 Å². The van der Waals surface area contributed by atoms with Crippen molar-refractivity contribution in [1.82, 2.24) is 30.2 Å². The fourth-order valence-corrected chi connectivity index (χ4v) is 8.98. The summed E-state index contributed by atoms with van der Waals surface area (Å²) in [5.74, 6) is -0.248. The van der Waals surface area contributed by atoms with Crippen molar-refractivity contribution in [3.63, 3.8) is 0 Å². The number of thiazole rings is 1. The number of hydrogen-bond donors (Lipinski definition) is 3. The number of allylic oxidation sites excluding steroid dienone is 1. The van der Waals surface area contributed by atoms with Crippen LogP contribution in [0, 0.1) is 5.92 Å². The number of ether oxygens (including phenoxy) is 2. The van der Waals surface area contributed by atoms with Crippen LogP contribution in [0.1, 0.15) is 77.3 Å². The molecule has 4 amide bonds. The highest BCUT2D eigenvalue weighted by Crippen LogP contribution is 2.47. The maximum atomic E-state index is 14.1. The molecule has 13 nitrogen and oxygen atoms in total. The molecular formula is C36H44N6O7S2. The zero-order valence-electron chi connectivity index (χ0n) is 29.2. The molecule has 1 unspecified atom stereocenters. The Morgan fingerprint density at radius 1 is 1.16 bits per heavy atom. The molecule has 272 valence electrons. The van der Waals surface area contributed by atoms with E-state index >= 15 is 0 Å². The lowest BCUT2D eigenvalue weighted by atomic mass is 10.1. The van der Waals surface area contributed by atoms with E-state index in [1.165, 1.54) is 16.2 Å². The second-order valence-electron chi connectivity index (χ2n) is 14.6. The summed E-state index contributed by atoms with van der Waals surface area (Å²) in [7, 11) is -2.34. The number of nitrogens with one attached hydrogen (secondary N) is 3. The Labute approximate surface area is 301 Å². The topological polar surface area (TPSA) is 169 Å². The lowest BCUT2D eigenvalue weighted by Crippen LogP contribution is -2.57. The van der Waals surface area contributed by atoms with Crippen LogP contribution in [-0.2, 0) is 19.6 Å². The van der Waals surface area contributed by atoms with Crippen LogP contribution >= 0.6 is 11.3 Å². The largest absolute Gasteiger partial charge is 0.497 e. The standard InChI is InChI=1S/C36H44N6O7S2/c1-21(2)28-20-50-32(39-28)27-17-30(25-11-10-23(48-4)15-26(25)38-27)49-24-16-29-31(43)40-36(33(44)41-51(46,47)35(3)12-13-35)18-22(36)9-7-5-6-8-14-37-34(45)42(29)19-24/h7,9-11,15,17,20-22,24,29H,5-6,8,12-14,16,18-19H2,1-4H3,(H,37,45)(H,40,43)(H,41,44)/b9-7-/t22-,24?,29-,36-/m0/s1. The van der Waals surface area contributed by atoms with E-state index in [1.807, 2.05) is 41.8 Å². The predicted octanol–water partition coefficient (Wildman–Crippen LogP) is 4.64. The van der Waals surface area contributed by atoms with Crippen LogP contribution in [0.4, 0.5) is 4.79 Å². The first-order chi connectivity index (χ1) is 24.3. The van der Waals surface area contributed by atoms with Gasteiger partial charge in [0, 0.05) is 41.8 Å². The van der Waals surface area contributed by atoms with Gasteiger partial charge in [-0.3, -0.25) is 14.3 Å². The predicted molar refractivity (Wildman–Crippen MR) is 193 cm³/mol. The molecule has 15 heteroatoms. The number of carbonyl (C=O) groups is 3. The molecular weight excluding hydrogens is 693 g/mol. The normalized spacial score (nSPS) is 26.7. The first kappa shape index (κ1) is 35.2. The SMILES string of the molecule is COc1ccc2c(OC3C[C@H]4C(=O)N[C@@]5(C(=O)NS(=O)(=O)C6(C)CC6)C[C@@H]5/C=C\CCCCNC(=O)N4C3)cc(-c3nc(C(C)C)cs3)nc2c1. The van der Waals surface area contributed by atoms with E-state index in [9.17, 15) is 22.8 Å². The smallest absolute Gasteiger partial charge is 0.318 e. The number of pyridine rings is 1. The summed E-state index contributed by atoms with van der Waals surface area (Å²) in [6.45, 7) is 6.33. The maximum absolute atomic E-state index is 14.1. The molecule has 2 aliphatic carbocycles. The van der Waals surface area contributed by atoms with Gasteiger partial charge in [-0.25, -0.2) is 23.2 Å². The third kappa shape index (κ3) is 6.89. The number of aromatic nitrogens is 2. The van der Waals surface area contributed by atoms with Crippen LogP contribution in [0.3, 0.4) is 0 Å². The van der Waals surface area contributed by atoms with Crippen molar-refractivity contribution in [3.05, 3.63) is 47.5 Å². The van der Waals surface area contributed by atoms with Crippen molar-refractivity contribution in [1.29, 1.82) is 0 Å². The number of carbonyl (C=O) groups excluding carboxylic acids is 3. The molecule has 2 aliphatic heterocycles. The van der Waals surface area contributed by atoms with E-state index in [0.717, 1.165) is 35.4 Å². The molecule has 3 fully saturated rings. The minimum atomic E-state index is -3.93. The first-order valence-corrected chi connectivity index (χ1v) is 19.9. The Morgan fingerprint density at radius 3 is 2.69 bits per heavy atom. The van der Waals surface area contributed by atoms with Crippen molar-refractivity contribution >= 4 is 50.1 Å². The average molecular weight is 737 g/mol. The fourth-order valence-electron chi connectivity index (χ4n) is 6.73. The summed E-state index contributed by atoms with van der Waals surface area (Å²) in [5, 5.41) is 9.34. The zero-order valence-corrected chi connectivity index (χ0v) is 30.9. The Kier molecular flexibility index (Phi) is 9.23. The number of fused-ring (bicyclic) bond motifs is 3. The van der Waals surface area contributed by atoms with Crippen molar-refractivity contribution < 1.29 is 32.3 Å². The second kappa shape index (κ2) is 13.4. The van der Waals surface area contributed by atoms with Gasteiger partial charge >= 0.3 is 6.03 Å². The Morgan fingerprint density at radius 2 is 1.96 bits per heavy atom. The van der Waals surface area contributed by atoms with E-state index in [4.69, 9.17) is 19.4 Å². The number of hydrogen-bond acceptors (Lipinski definition) is 10. The summed E-state index contributed by atoms with van der Waals surface area (Å²) in [4.78, 5) is 52.5. The highest BCUT2D eigenvalue weighted by Gasteiger charge is 2.63. The third-order valence-corrected chi connectivity index (χ3v) is 13.5. The molecule has 4 atom stereocenters. The molecule has 0 bridgehead atoms. The molecule has 7 rings (SSSR count). The van der Waals surface area contributed by atoms with Gasteiger partial charge in [-0.15, -0.1) is 11.3 Å². The van der Waals surface area contributed by atoms with Gasteiger partial charge in [0.05, 0.1) is 29.6 Å². The van der Waals surface area contributed by atoms with E-state index in [1.54, 1.807) is 14.0 Å². The molecule has 0 spiro atoms. The molecule has 0 radical (unpaired) electrons. The summed E-state index contributed by atoms with van der Waals surface area (Å²) >= 11 is 1.50. The van der Waals surface area contributed by atoms with Crippen LogP contribution < -0.4 is 24.8 Å². The molecule has 3 aromatic rings. The molecule has 2 aromatic heterocycles. The molecule has 4 heterocycles. The molecule has 51 heavy (non-hydrogen) atoms. The van der Waals surface area contributed by atoms with Crippen molar-refractivity contribution in [2.45, 2.75) is 94.1 Å². The van der Waals surface area contributed by atoms with Gasteiger partial charge in [-0.2, -0.15) is 0 Å². The number of urea groups is 1. The summed E-state index contributed by atoms with van der Waals surface area (Å²) in [5.41, 5.74) is 0.803. The Hall–Kier alpha value is -4.24. The summed E-state index contributed by atoms with van der Waals surface area (Å²) < 4.78 is 39.5. The maximum Gasteiger partial charge on any atom is 0.318 e. The Bertz CT molecular complexity index is 2010. The van der Waals surface area contributed by atoms with Crippen LogP contribution in [-0.4, -0.2) is 83.8 Å². The van der Waals surface area contributed by atoms with Crippen molar-refractivity contribution in [2.24, 2.45) is 5.92 Å². The van der Waals surface area contributed by atoms with Gasteiger partial charge in [0.15, 0.2) is 0 Å². The number of rotatable bonds is 8. The quantitative estimate of drug-likeness (QED) is 0.279. The number of methoxy groups -OCH3 is 1. The van der Waals surface area contributed by atoms with Gasteiger partial charge in [-0.05, 0) is 63.5 Å². The lowest BCUT2D eigenvalue weighted by Gasteiger charge is -2.27. The van der Waals surface area contributed by atoms with Gasteiger partial charge < -0.3 is 25.0 Å². The van der Waals surface area contributed by atoms with Gasteiger partial charge in [0.25, 0.3) is 5.91 Å². The monoisotopic (exact) mass is 736 g/mol. The summed E-state index contributed by atoms with van der Waals surface area (Å²) in [6.07, 6.45) is 6.89. The fraction of sp³-hybridized carbons (Fsp3) is 0.528. The first-order valence-electron chi connectivity index (χ1n) is 17.5. The second-order valence-corrected chi connectivity index (χ2v) is 17.6. The third-order valence-electron chi connectivity index (χ3n) is 10.5. The van der Waals surface area contributed by atoms with Crippen LogP contribution in [0.25, 0.3) is 21.6 Å². The van der Waals surface area contributed by atoms with E-state index in [2.05, 4.69) is 29.2 Å². The summed E-state index contributed by atoms with van der Waals surface area (Å²) in [6, 6.07) is 5.99. The van der Waals surface area contributed by atoms with Gasteiger partial charge in [0.2, 0.25) is 15.9 Å². The minimum absolute atomic E-state index is 0.114. The van der Waals surface area contributed by atoms with Crippen LogP contribution in [0.5, 0.6) is 11.5 Å². The van der Waals surface area contributed by atoms with Gasteiger partial charge in [-0.1, -0.05) is 26.0 Å². The van der Waals surface area contributed by atoms with Gasteiger partial charge in [0.1, 0.15) is 39.9 Å². The van der Waals surface area contributed by atoms with Crippen molar-refractivity contribution in [2.75, 3.05) is 20.2 Å². The van der Waals surface area contributed by atoms with Crippen molar-refractivity contribution in [3.8, 4) is 22.2 Å². The molecule has 4 aliphatic rings. The lowest BCUT2D eigenvalue weighted by molar-refractivity contribution is -0.131. The van der Waals surface area contributed by atoms with Crippen LogP contribution in [0.2, 0.25) is 0 Å². The number of sulfonamides is 1. The van der Waals surface area contributed by atoms with E-state index < -0.39 is 50.3 Å². The molecule has 3 N–H and O–H groups in total. The van der Waals surface area contributed by atoms with Crippen LogP contribution in [0.15, 0.2) is 41.8 Å². The molecule has 2 saturated carbocycles. The highest BCUT2D eigenvalue weighted by molar-refractivity contribution is 7.91.